The highest BCUT2D eigenvalue weighted by Crippen LogP contribution is 2.38. The highest BCUT2D eigenvalue weighted by Gasteiger charge is 2.21. The van der Waals surface area contributed by atoms with Crippen LogP contribution in [0.2, 0.25) is 0 Å². The van der Waals surface area contributed by atoms with Gasteiger partial charge < -0.3 is 19.7 Å². The maximum atomic E-state index is 11.2. The first-order valence-corrected chi connectivity index (χ1v) is 8.37. The van der Waals surface area contributed by atoms with Gasteiger partial charge in [-0.25, -0.2) is 4.79 Å². The lowest BCUT2D eigenvalue weighted by Gasteiger charge is -2.21. The van der Waals surface area contributed by atoms with Gasteiger partial charge in [0.1, 0.15) is 17.2 Å². The predicted molar refractivity (Wildman–Crippen MR) is 102 cm³/mol. The van der Waals surface area contributed by atoms with Crippen molar-refractivity contribution in [2.75, 3.05) is 14.2 Å². The van der Waals surface area contributed by atoms with E-state index in [-0.39, 0.29) is 17.2 Å². The number of phenols is 1. The number of phenolic OH excluding ortho intramolecular Hbond substituents is 1. The van der Waals surface area contributed by atoms with E-state index in [1.165, 1.54) is 12.1 Å². The molecule has 0 spiro atoms. The van der Waals surface area contributed by atoms with Gasteiger partial charge in [0.05, 0.1) is 19.8 Å². The zero-order chi connectivity index (χ0) is 19.4. The third-order valence-corrected chi connectivity index (χ3v) is 4.49. The average molecular weight is 364 g/mol. The number of carboxylic acid groups (broad SMARTS) is 1. The van der Waals surface area contributed by atoms with Crippen LogP contribution in [0.3, 0.4) is 0 Å². The molecular weight excluding hydrogens is 344 g/mol. The third-order valence-electron chi connectivity index (χ3n) is 4.49. The summed E-state index contributed by atoms with van der Waals surface area (Å²) < 4.78 is 10.5. The molecule has 0 amide bonds. The largest absolute Gasteiger partial charge is 0.508 e. The highest BCUT2D eigenvalue weighted by atomic mass is 16.5. The van der Waals surface area contributed by atoms with Gasteiger partial charge in [-0.05, 0) is 47.5 Å². The van der Waals surface area contributed by atoms with E-state index in [1.807, 2.05) is 48.5 Å². The predicted octanol–water partition coefficient (Wildman–Crippen LogP) is 4.29. The van der Waals surface area contributed by atoms with E-state index in [4.69, 9.17) is 14.6 Å². The zero-order valence-corrected chi connectivity index (χ0v) is 15.0. The standard InChI is InChI=1S/C22H20O5/c1-26-17-8-3-14(4-9-17)21(15-5-10-18(27-2)11-6-15)19-12-7-16(22(24)25)13-20(19)23/h3-13,21,23H,1-2H3,(H,24,25). The molecule has 0 saturated carbocycles. The Morgan fingerprint density at radius 3 is 1.67 bits per heavy atom. The van der Waals surface area contributed by atoms with Crippen molar-refractivity contribution in [1.82, 2.24) is 0 Å². The Kier molecular flexibility index (Phi) is 5.31. The quantitative estimate of drug-likeness (QED) is 0.638. The van der Waals surface area contributed by atoms with Crippen molar-refractivity contribution in [2.24, 2.45) is 0 Å². The molecule has 0 aliphatic heterocycles. The molecule has 5 heteroatoms. The van der Waals surface area contributed by atoms with Crippen molar-refractivity contribution in [3.63, 3.8) is 0 Å². The van der Waals surface area contributed by atoms with Crippen molar-refractivity contribution in [2.45, 2.75) is 5.92 Å². The minimum atomic E-state index is -1.08. The Hall–Kier alpha value is -3.47. The van der Waals surface area contributed by atoms with Gasteiger partial charge in [0.25, 0.3) is 0 Å². The van der Waals surface area contributed by atoms with E-state index in [0.29, 0.717) is 5.56 Å². The first-order chi connectivity index (χ1) is 13.0. The highest BCUT2D eigenvalue weighted by molar-refractivity contribution is 5.88. The summed E-state index contributed by atoms with van der Waals surface area (Å²) in [5.74, 6) is 0.0499. The fourth-order valence-electron chi connectivity index (χ4n) is 3.07. The molecule has 0 aliphatic carbocycles. The normalized spacial score (nSPS) is 10.6. The topological polar surface area (TPSA) is 76.0 Å². The molecule has 0 saturated heterocycles. The molecule has 3 rings (SSSR count). The summed E-state index contributed by atoms with van der Waals surface area (Å²) in [6.07, 6.45) is 0. The lowest BCUT2D eigenvalue weighted by Crippen LogP contribution is -2.05. The summed E-state index contributed by atoms with van der Waals surface area (Å²) in [5.41, 5.74) is 2.55. The molecule has 5 nitrogen and oxygen atoms in total. The van der Waals surface area contributed by atoms with Gasteiger partial charge in [-0.2, -0.15) is 0 Å². The molecule has 0 fully saturated rings. The van der Waals surface area contributed by atoms with Gasteiger partial charge in [-0.15, -0.1) is 0 Å². The summed E-state index contributed by atoms with van der Waals surface area (Å²) in [6.45, 7) is 0. The van der Waals surface area contributed by atoms with E-state index in [1.54, 1.807) is 20.3 Å². The van der Waals surface area contributed by atoms with Crippen LogP contribution in [0.5, 0.6) is 17.2 Å². The summed E-state index contributed by atoms with van der Waals surface area (Å²) in [5, 5.41) is 19.7. The van der Waals surface area contributed by atoms with Gasteiger partial charge >= 0.3 is 5.97 Å². The number of methoxy groups -OCH3 is 2. The number of benzene rings is 3. The summed E-state index contributed by atoms with van der Waals surface area (Å²) in [7, 11) is 3.21. The van der Waals surface area contributed by atoms with Crippen LogP contribution in [-0.2, 0) is 0 Å². The van der Waals surface area contributed by atoms with Crippen molar-refractivity contribution < 1.29 is 24.5 Å². The molecule has 27 heavy (non-hydrogen) atoms. The molecule has 2 N–H and O–H groups in total. The minimum absolute atomic E-state index is 0.0412. The molecule has 3 aromatic rings. The van der Waals surface area contributed by atoms with Crippen LogP contribution in [-0.4, -0.2) is 30.4 Å². The smallest absolute Gasteiger partial charge is 0.335 e. The second kappa shape index (κ2) is 7.83. The first kappa shape index (κ1) is 18.3. The van der Waals surface area contributed by atoms with Gasteiger partial charge in [0, 0.05) is 11.5 Å². The average Bonchev–Trinajstić information content (AvgIpc) is 2.70. The Labute approximate surface area is 157 Å². The Morgan fingerprint density at radius 2 is 1.30 bits per heavy atom. The monoisotopic (exact) mass is 364 g/mol. The van der Waals surface area contributed by atoms with Crippen molar-refractivity contribution in [1.29, 1.82) is 0 Å². The van der Waals surface area contributed by atoms with Crippen LogP contribution >= 0.6 is 0 Å². The first-order valence-electron chi connectivity index (χ1n) is 8.37. The second-order valence-electron chi connectivity index (χ2n) is 6.06. The van der Waals surface area contributed by atoms with Gasteiger partial charge in [0.15, 0.2) is 0 Å². The van der Waals surface area contributed by atoms with Crippen molar-refractivity contribution in [3.8, 4) is 17.2 Å². The van der Waals surface area contributed by atoms with Gasteiger partial charge in [0.2, 0.25) is 0 Å². The van der Waals surface area contributed by atoms with Crippen molar-refractivity contribution >= 4 is 5.97 Å². The van der Waals surface area contributed by atoms with E-state index in [2.05, 4.69) is 0 Å². The van der Waals surface area contributed by atoms with E-state index in [9.17, 15) is 9.90 Å². The lowest BCUT2D eigenvalue weighted by atomic mass is 9.84. The van der Waals surface area contributed by atoms with Gasteiger partial charge in [-0.1, -0.05) is 30.3 Å². The van der Waals surface area contributed by atoms with Crippen LogP contribution in [0.25, 0.3) is 0 Å². The van der Waals surface area contributed by atoms with E-state index in [0.717, 1.165) is 22.6 Å². The van der Waals surface area contributed by atoms with Crippen LogP contribution in [0.15, 0.2) is 66.7 Å². The molecule has 0 aromatic heterocycles. The SMILES string of the molecule is COc1ccc(C(c2ccc(OC)cc2)c2ccc(C(=O)O)cc2O)cc1. The lowest BCUT2D eigenvalue weighted by molar-refractivity contribution is 0.0696. The fraction of sp³-hybridized carbons (Fsp3) is 0.136. The third kappa shape index (κ3) is 3.87. The molecule has 138 valence electrons. The Bertz CT molecular complexity index is 882. The second-order valence-corrected chi connectivity index (χ2v) is 6.06. The van der Waals surface area contributed by atoms with Gasteiger partial charge in [-0.3, -0.25) is 0 Å². The number of hydrogen-bond acceptors (Lipinski definition) is 4. The molecule has 0 unspecified atom stereocenters. The number of aromatic hydroxyl groups is 1. The molecule has 3 aromatic carbocycles. The number of carbonyl (C=O) groups is 1. The molecular formula is C22H20O5. The number of hydrogen-bond donors (Lipinski definition) is 2. The van der Waals surface area contributed by atoms with Crippen LogP contribution in [0.1, 0.15) is 33.0 Å². The van der Waals surface area contributed by atoms with Crippen LogP contribution in [0.4, 0.5) is 0 Å². The maximum absolute atomic E-state index is 11.2. The zero-order valence-electron chi connectivity index (χ0n) is 15.0. The Morgan fingerprint density at radius 1 is 0.815 bits per heavy atom. The molecule has 0 aliphatic rings. The molecule has 0 heterocycles. The fourth-order valence-corrected chi connectivity index (χ4v) is 3.07. The van der Waals surface area contributed by atoms with Crippen LogP contribution in [0, 0.1) is 0 Å². The maximum Gasteiger partial charge on any atom is 0.335 e. The van der Waals surface area contributed by atoms with Crippen LogP contribution < -0.4 is 9.47 Å². The number of aromatic carboxylic acids is 1. The summed E-state index contributed by atoms with van der Waals surface area (Å²) >= 11 is 0. The summed E-state index contributed by atoms with van der Waals surface area (Å²) in [4.78, 5) is 11.2. The minimum Gasteiger partial charge on any atom is -0.508 e. The molecule has 0 atom stereocenters. The number of ether oxygens (including phenoxy) is 2. The van der Waals surface area contributed by atoms with E-state index < -0.39 is 5.97 Å². The molecule has 0 bridgehead atoms. The number of carboxylic acids is 1. The molecule has 0 radical (unpaired) electrons. The summed E-state index contributed by atoms with van der Waals surface area (Å²) in [6, 6.07) is 19.6. The van der Waals surface area contributed by atoms with Crippen molar-refractivity contribution in [3.05, 3.63) is 89.0 Å². The van der Waals surface area contributed by atoms with E-state index >= 15 is 0 Å². The Balaban J connectivity index is 2.12. The number of rotatable bonds is 6.